The number of alkyl carbamates (subject to hydrolysis) is 2. The molecule has 0 saturated carbocycles. The molecule has 0 aromatic carbocycles. The Morgan fingerprint density at radius 1 is 0.578 bits per heavy atom. The summed E-state index contributed by atoms with van der Waals surface area (Å²) in [6.07, 6.45) is 12.5. The van der Waals surface area contributed by atoms with Crippen molar-refractivity contribution in [2.45, 2.75) is 136 Å². The molecule has 0 aliphatic carbocycles. The van der Waals surface area contributed by atoms with Crippen LogP contribution in [0, 0.1) is 0 Å². The van der Waals surface area contributed by atoms with Crippen LogP contribution in [0.5, 0.6) is 0 Å². The van der Waals surface area contributed by atoms with Crippen LogP contribution in [0.15, 0.2) is 0 Å². The third-order valence-electron chi connectivity index (χ3n) is 7.02. The summed E-state index contributed by atoms with van der Waals surface area (Å²) in [5, 5.41) is 5.42. The van der Waals surface area contributed by atoms with E-state index in [2.05, 4.69) is 17.6 Å². The molecule has 0 aromatic heterocycles. The normalized spacial score (nSPS) is 12.3. The number of carbonyl (C=O) groups is 4. The van der Waals surface area contributed by atoms with Gasteiger partial charge < -0.3 is 58.0 Å². The van der Waals surface area contributed by atoms with E-state index in [1.165, 1.54) is 51.4 Å². The van der Waals surface area contributed by atoms with Gasteiger partial charge in [0.25, 0.3) is 0 Å². The molecule has 2 unspecified atom stereocenters. The van der Waals surface area contributed by atoms with Gasteiger partial charge in [-0.2, -0.15) is 0 Å². The van der Waals surface area contributed by atoms with Gasteiger partial charge in [-0.1, -0.05) is 71.1 Å². The fraction of sp³-hybridized carbons (Fsp3) is 0.879. The van der Waals surface area contributed by atoms with Gasteiger partial charge in [0, 0.05) is 25.9 Å². The summed E-state index contributed by atoms with van der Waals surface area (Å²) in [4.78, 5) is 48.6. The first-order valence-electron chi connectivity index (χ1n) is 17.0. The lowest BCUT2D eigenvalue weighted by Crippen LogP contribution is -3.00. The maximum Gasteiger partial charge on any atom is 0.407 e. The van der Waals surface area contributed by atoms with Crippen LogP contribution in [0.2, 0.25) is 0 Å². The summed E-state index contributed by atoms with van der Waals surface area (Å²) in [5.74, 6) is -0.610. The van der Waals surface area contributed by atoms with Crippen molar-refractivity contribution in [1.29, 1.82) is 0 Å². The average Bonchev–Trinajstić information content (AvgIpc) is 2.95. The monoisotopic (exact) mass is 757 g/mol. The maximum atomic E-state index is 12.8. The number of esters is 2. The van der Waals surface area contributed by atoms with Crippen molar-refractivity contribution in [1.82, 2.24) is 10.6 Å². The van der Waals surface area contributed by atoms with Crippen molar-refractivity contribution < 1.29 is 66.6 Å². The molecule has 0 aliphatic heterocycles. The topological polar surface area (TPSA) is 129 Å². The lowest BCUT2D eigenvalue weighted by Gasteiger charge is -2.33. The summed E-state index contributed by atoms with van der Waals surface area (Å²) in [5.41, 5.74) is 0. The van der Waals surface area contributed by atoms with E-state index in [1.807, 2.05) is 21.1 Å². The van der Waals surface area contributed by atoms with Gasteiger partial charge in [-0.15, -0.1) is 0 Å². The second-order valence-electron chi connectivity index (χ2n) is 12.4. The molecule has 0 fully saturated rings. The van der Waals surface area contributed by atoms with Crippen LogP contribution in [0.1, 0.15) is 124 Å². The predicted molar refractivity (Wildman–Crippen MR) is 172 cm³/mol. The van der Waals surface area contributed by atoms with E-state index in [0.29, 0.717) is 43.5 Å². The van der Waals surface area contributed by atoms with Crippen LogP contribution in [0.4, 0.5) is 9.59 Å². The third-order valence-corrected chi connectivity index (χ3v) is 7.02. The van der Waals surface area contributed by atoms with E-state index in [9.17, 15) is 19.2 Å². The van der Waals surface area contributed by atoms with E-state index in [-0.39, 0.29) is 61.8 Å². The predicted octanol–water partition coefficient (Wildman–Crippen LogP) is 3.27. The lowest BCUT2D eigenvalue weighted by atomic mass is 10.0. The zero-order chi connectivity index (χ0) is 33.1. The third kappa shape index (κ3) is 29.3. The number of nitrogens with zero attached hydrogens (tertiary/aromatic N) is 1. The van der Waals surface area contributed by atoms with E-state index in [4.69, 9.17) is 18.9 Å². The fourth-order valence-electron chi connectivity index (χ4n) is 4.77. The molecule has 0 spiro atoms. The van der Waals surface area contributed by atoms with Gasteiger partial charge in [0.05, 0.1) is 34.4 Å². The molecule has 12 heteroatoms. The van der Waals surface area contributed by atoms with E-state index in [1.54, 1.807) is 13.8 Å². The van der Waals surface area contributed by atoms with Gasteiger partial charge in [-0.3, -0.25) is 9.59 Å². The summed E-state index contributed by atoms with van der Waals surface area (Å²) in [6.45, 7) is 7.35. The summed E-state index contributed by atoms with van der Waals surface area (Å²) in [7, 11) is 5.97. The van der Waals surface area contributed by atoms with E-state index < -0.39 is 24.4 Å². The molecule has 0 aliphatic rings. The molecule has 0 saturated heterocycles. The second-order valence-corrected chi connectivity index (χ2v) is 12.4. The molecule has 0 aromatic rings. The van der Waals surface area contributed by atoms with Crippen molar-refractivity contribution in [3.05, 3.63) is 0 Å². The average molecular weight is 758 g/mol. The Bertz CT molecular complexity index is 780. The molecule has 0 radical (unpaired) electrons. The number of nitrogens with one attached hydrogen (secondary N) is 2. The van der Waals surface area contributed by atoms with Crippen molar-refractivity contribution in [2.24, 2.45) is 0 Å². The minimum Gasteiger partial charge on any atom is -1.00 e. The summed E-state index contributed by atoms with van der Waals surface area (Å²) in [6, 6.07) is 0. The van der Waals surface area contributed by atoms with Gasteiger partial charge in [-0.25, -0.2) is 9.59 Å². The van der Waals surface area contributed by atoms with Crippen molar-refractivity contribution in [3.63, 3.8) is 0 Å². The second kappa shape index (κ2) is 29.6. The van der Waals surface area contributed by atoms with Gasteiger partial charge >= 0.3 is 24.1 Å². The van der Waals surface area contributed by atoms with Gasteiger partial charge in [0.2, 0.25) is 0 Å². The lowest BCUT2D eigenvalue weighted by molar-refractivity contribution is -0.873. The number of ether oxygens (including phenoxy) is 4. The first-order chi connectivity index (χ1) is 21.0. The Morgan fingerprint density at radius 2 is 0.978 bits per heavy atom. The van der Waals surface area contributed by atoms with Crippen LogP contribution >= 0.6 is 0 Å². The van der Waals surface area contributed by atoms with E-state index in [0.717, 1.165) is 19.3 Å². The number of hydrogen-bond donors (Lipinski definition) is 2. The number of hydrogen-bond acceptors (Lipinski definition) is 8. The number of halogens is 1. The molecule has 2 atom stereocenters. The van der Waals surface area contributed by atoms with Crippen molar-refractivity contribution in [3.8, 4) is 0 Å². The minimum absolute atomic E-state index is 0. The molecule has 0 bridgehead atoms. The quantitative estimate of drug-likeness (QED) is 0.0430. The number of unbranched alkanes of at least 4 members (excludes halogenated alkanes) is 10. The number of rotatable bonds is 27. The van der Waals surface area contributed by atoms with Crippen LogP contribution in [0.3, 0.4) is 0 Å². The number of quaternary nitrogens is 1. The first-order valence-corrected chi connectivity index (χ1v) is 17.0. The van der Waals surface area contributed by atoms with Crippen LogP contribution in [0.25, 0.3) is 0 Å². The molecular formula is C33H64IN3O8. The van der Waals surface area contributed by atoms with Crippen molar-refractivity contribution >= 4 is 24.1 Å². The Labute approximate surface area is 290 Å². The highest BCUT2D eigenvalue weighted by Gasteiger charge is 2.33. The zero-order valence-corrected chi connectivity index (χ0v) is 31.3. The Kier molecular flexibility index (Phi) is 29.8. The van der Waals surface area contributed by atoms with Crippen LogP contribution < -0.4 is 34.6 Å². The number of amides is 2. The molecular weight excluding hydrogens is 693 g/mol. The van der Waals surface area contributed by atoms with Crippen LogP contribution in [-0.2, 0) is 28.5 Å². The number of carbonyl (C=O) groups excluding carboxylic acids is 4. The standard InChI is InChI=1S/C33H63N3O8.HI/c1-7-10-11-12-13-14-15-16-17-18-19-22-28(43-32(39)34-25-20-23-30(37)41-8-2)29(27-36(4,5)6)44-33(40)35-26-21-24-31(38)42-9-3;/h28-29H,7-27H2,1-6H3,(H-,34,35,39,40);1H. The molecule has 0 rings (SSSR count). The smallest absolute Gasteiger partial charge is 0.407 e. The molecule has 2 N–H and O–H groups in total. The molecule has 0 heterocycles. The molecule has 2 amide bonds. The van der Waals surface area contributed by atoms with Crippen molar-refractivity contribution in [2.75, 3.05) is 54.0 Å². The first kappa shape index (κ1) is 45.3. The maximum absolute atomic E-state index is 12.8. The van der Waals surface area contributed by atoms with E-state index >= 15 is 0 Å². The summed E-state index contributed by atoms with van der Waals surface area (Å²) >= 11 is 0. The molecule has 266 valence electrons. The highest BCUT2D eigenvalue weighted by atomic mass is 127. The van der Waals surface area contributed by atoms with Gasteiger partial charge in [0.15, 0.2) is 6.10 Å². The fourth-order valence-corrected chi connectivity index (χ4v) is 4.77. The van der Waals surface area contributed by atoms with Crippen LogP contribution in [-0.4, -0.2) is 94.8 Å². The Balaban J connectivity index is 0. The number of likely N-dealkylation sites (N-methyl/N-ethyl adjacent to an activating group) is 1. The Morgan fingerprint density at radius 3 is 1.38 bits per heavy atom. The SMILES string of the molecule is CCCCCCCCCCCCCC(OC(=O)NCCCC(=O)OCC)C(C[N+](C)(C)C)OC(=O)NCCCC(=O)OCC.[I-]. The molecule has 45 heavy (non-hydrogen) atoms. The highest BCUT2D eigenvalue weighted by molar-refractivity contribution is 5.70. The minimum atomic E-state index is -0.673. The van der Waals surface area contributed by atoms with Gasteiger partial charge in [0.1, 0.15) is 12.6 Å². The summed E-state index contributed by atoms with van der Waals surface area (Å²) < 4.78 is 22.0. The van der Waals surface area contributed by atoms with Gasteiger partial charge in [-0.05, 0) is 39.5 Å². The largest absolute Gasteiger partial charge is 1.00 e. The molecule has 11 nitrogen and oxygen atoms in total. The highest BCUT2D eigenvalue weighted by Crippen LogP contribution is 2.18. The zero-order valence-electron chi connectivity index (χ0n) is 29.1. The Hall–Kier alpha value is -1.83.